The fourth-order valence-corrected chi connectivity index (χ4v) is 6.02. The number of aryl methyl sites for hydroxylation is 1. The van der Waals surface area contributed by atoms with Gasteiger partial charge in [-0.25, -0.2) is 8.42 Å². The van der Waals surface area contributed by atoms with Crippen molar-refractivity contribution in [2.45, 2.75) is 16.8 Å². The van der Waals surface area contributed by atoms with Crippen molar-refractivity contribution in [1.29, 1.82) is 0 Å². The van der Waals surface area contributed by atoms with Crippen molar-refractivity contribution in [3.8, 4) is 23.0 Å². The van der Waals surface area contributed by atoms with Gasteiger partial charge >= 0.3 is 0 Å². The normalized spacial score (nSPS) is 15.6. The Bertz CT molecular complexity index is 1530. The number of aromatic nitrogens is 1. The van der Waals surface area contributed by atoms with Crippen molar-refractivity contribution in [3.63, 3.8) is 0 Å². The monoisotopic (exact) mass is 517 g/mol. The molecule has 1 aromatic heterocycles. The maximum absolute atomic E-state index is 13.9. The molecule has 1 saturated heterocycles. The molecule has 0 bridgehead atoms. The van der Waals surface area contributed by atoms with Crippen LogP contribution in [0.3, 0.4) is 0 Å². The van der Waals surface area contributed by atoms with Crippen LogP contribution < -0.4 is 19.3 Å². The van der Waals surface area contributed by atoms with Crippen LogP contribution in [0.1, 0.15) is 5.56 Å². The number of hydrogen-bond acceptors (Lipinski definition) is 8. The molecule has 6 rings (SSSR count). The van der Waals surface area contributed by atoms with Gasteiger partial charge in [-0.1, -0.05) is 35.9 Å². The maximum Gasteiger partial charge on any atom is 0.236 e. The third-order valence-corrected chi connectivity index (χ3v) is 8.26. The van der Waals surface area contributed by atoms with E-state index in [1.807, 2.05) is 54.3 Å². The molecule has 9 heteroatoms. The van der Waals surface area contributed by atoms with Gasteiger partial charge in [-0.3, -0.25) is 0 Å². The summed E-state index contributed by atoms with van der Waals surface area (Å²) in [4.78, 5) is 8.89. The average Bonchev–Trinajstić information content (AvgIpc) is 3.40. The van der Waals surface area contributed by atoms with Crippen LogP contribution in [0.4, 0.5) is 11.6 Å². The molecule has 3 aromatic carbocycles. The lowest BCUT2D eigenvalue weighted by molar-refractivity contribution is 0.171. The number of fused-ring (bicyclic) bond motifs is 1. The fourth-order valence-electron chi connectivity index (χ4n) is 4.68. The zero-order valence-electron chi connectivity index (χ0n) is 20.5. The van der Waals surface area contributed by atoms with Gasteiger partial charge in [0.2, 0.25) is 26.6 Å². The molecule has 0 saturated carbocycles. The van der Waals surface area contributed by atoms with E-state index in [1.165, 1.54) is 12.1 Å². The van der Waals surface area contributed by atoms with Gasteiger partial charge in [0.1, 0.15) is 13.2 Å². The molecule has 0 atom stereocenters. The Morgan fingerprint density at radius 3 is 2.27 bits per heavy atom. The molecule has 2 aliphatic heterocycles. The van der Waals surface area contributed by atoms with Gasteiger partial charge < -0.3 is 23.7 Å². The smallest absolute Gasteiger partial charge is 0.236 e. The number of nitrogens with zero attached hydrogens (tertiary/aromatic N) is 3. The predicted octanol–water partition coefficient (Wildman–Crippen LogP) is 4.58. The number of rotatable bonds is 5. The van der Waals surface area contributed by atoms with Crippen LogP contribution in [0.25, 0.3) is 11.5 Å². The summed E-state index contributed by atoms with van der Waals surface area (Å²) in [5.74, 6) is 1.48. The van der Waals surface area contributed by atoms with Gasteiger partial charge in [-0.15, -0.1) is 0 Å². The summed E-state index contributed by atoms with van der Waals surface area (Å²) < 4.78 is 45.3. The minimum Gasteiger partial charge on any atom is -0.486 e. The van der Waals surface area contributed by atoms with Crippen molar-refractivity contribution in [3.05, 3.63) is 78.4 Å². The standard InChI is InChI=1S/C28H27N3O5S/c1-20-6-5-7-21(18-20)26-29-27(37(32,33)23-10-11-24-25(19-23)35-17-16-34-24)28(36-26)31-14-12-30(13-15-31)22-8-3-2-4-9-22/h2-11,18-19H,12-17H2,1H3. The predicted molar refractivity (Wildman–Crippen MR) is 140 cm³/mol. The summed E-state index contributed by atoms with van der Waals surface area (Å²) in [5.41, 5.74) is 2.90. The van der Waals surface area contributed by atoms with Gasteiger partial charge in [0.15, 0.2) is 11.5 Å². The van der Waals surface area contributed by atoms with Crippen LogP contribution >= 0.6 is 0 Å². The van der Waals surface area contributed by atoms with Gasteiger partial charge in [-0.2, -0.15) is 4.98 Å². The number of ether oxygens (including phenoxy) is 2. The molecule has 37 heavy (non-hydrogen) atoms. The second kappa shape index (κ2) is 9.48. The number of sulfone groups is 1. The Labute approximate surface area is 216 Å². The lowest BCUT2D eigenvalue weighted by Gasteiger charge is -2.36. The summed E-state index contributed by atoms with van der Waals surface area (Å²) in [7, 11) is -4.01. The minimum absolute atomic E-state index is 0.0880. The number of oxazole rings is 1. The highest BCUT2D eigenvalue weighted by Gasteiger charge is 2.33. The Morgan fingerprint density at radius 2 is 1.51 bits per heavy atom. The Hall–Kier alpha value is -3.98. The van der Waals surface area contributed by atoms with Crippen molar-refractivity contribution < 1.29 is 22.3 Å². The number of anilines is 2. The van der Waals surface area contributed by atoms with Crippen LogP contribution in [0, 0.1) is 6.92 Å². The largest absolute Gasteiger partial charge is 0.486 e. The van der Waals surface area contributed by atoms with Gasteiger partial charge in [-0.05, 0) is 43.3 Å². The second-order valence-electron chi connectivity index (χ2n) is 9.12. The zero-order chi connectivity index (χ0) is 25.4. The van der Waals surface area contributed by atoms with E-state index in [-0.39, 0.29) is 21.7 Å². The Balaban J connectivity index is 1.38. The van der Waals surface area contributed by atoms with E-state index in [0.717, 1.165) is 29.9 Å². The first-order valence-electron chi connectivity index (χ1n) is 12.3. The summed E-state index contributed by atoms with van der Waals surface area (Å²) in [5, 5.41) is -0.0890. The summed E-state index contributed by atoms with van der Waals surface area (Å²) in [6.45, 7) is 5.43. The van der Waals surface area contributed by atoms with E-state index in [2.05, 4.69) is 22.0 Å². The molecule has 0 amide bonds. The third kappa shape index (κ3) is 4.51. The van der Waals surface area contributed by atoms with Crippen LogP contribution in [-0.4, -0.2) is 52.8 Å². The van der Waals surface area contributed by atoms with E-state index in [9.17, 15) is 8.42 Å². The van der Waals surface area contributed by atoms with Crippen molar-refractivity contribution in [2.75, 3.05) is 49.2 Å². The summed E-state index contributed by atoms with van der Waals surface area (Å²) >= 11 is 0. The second-order valence-corrected chi connectivity index (χ2v) is 11.0. The molecule has 0 radical (unpaired) electrons. The number of benzene rings is 3. The third-order valence-electron chi connectivity index (χ3n) is 6.61. The molecule has 0 spiro atoms. The molecule has 4 aromatic rings. The number of para-hydroxylation sites is 1. The van der Waals surface area contributed by atoms with Gasteiger partial charge in [0.25, 0.3) is 0 Å². The Morgan fingerprint density at radius 1 is 0.784 bits per heavy atom. The fraction of sp³-hybridized carbons (Fsp3) is 0.250. The molecule has 0 N–H and O–H groups in total. The van der Waals surface area contributed by atoms with Crippen LogP contribution in [0.2, 0.25) is 0 Å². The van der Waals surface area contributed by atoms with Crippen LogP contribution in [0.5, 0.6) is 11.5 Å². The highest BCUT2D eigenvalue weighted by molar-refractivity contribution is 7.91. The average molecular weight is 518 g/mol. The summed E-state index contributed by atoms with van der Waals surface area (Å²) in [6, 6.07) is 22.5. The molecule has 1 fully saturated rings. The lowest BCUT2D eigenvalue weighted by atomic mass is 10.1. The molecule has 190 valence electrons. The number of hydrogen-bond donors (Lipinski definition) is 0. The van der Waals surface area contributed by atoms with Gasteiger partial charge in [0.05, 0.1) is 4.90 Å². The zero-order valence-corrected chi connectivity index (χ0v) is 21.3. The van der Waals surface area contributed by atoms with Gasteiger partial charge in [0, 0.05) is 43.5 Å². The molecule has 0 aliphatic carbocycles. The first-order chi connectivity index (χ1) is 18.0. The SMILES string of the molecule is Cc1cccc(-c2nc(S(=O)(=O)c3ccc4c(c3)OCCO4)c(N3CCN(c4ccccc4)CC3)o2)c1. The summed E-state index contributed by atoms with van der Waals surface area (Å²) in [6.07, 6.45) is 0. The molecule has 8 nitrogen and oxygen atoms in total. The first kappa shape index (κ1) is 23.4. The molecule has 2 aliphatic rings. The van der Waals surface area contributed by atoms with E-state index >= 15 is 0 Å². The van der Waals surface area contributed by atoms with E-state index in [1.54, 1.807) is 6.07 Å². The molecule has 0 unspecified atom stereocenters. The van der Waals surface area contributed by atoms with Crippen LogP contribution in [-0.2, 0) is 9.84 Å². The first-order valence-corrected chi connectivity index (χ1v) is 13.7. The Kier molecular flexibility index (Phi) is 6.00. The molecule has 3 heterocycles. The van der Waals surface area contributed by atoms with Crippen molar-refractivity contribution in [1.82, 2.24) is 4.98 Å². The highest BCUT2D eigenvalue weighted by atomic mass is 32.2. The van der Waals surface area contributed by atoms with Crippen molar-refractivity contribution >= 4 is 21.4 Å². The van der Waals surface area contributed by atoms with Crippen molar-refractivity contribution in [2.24, 2.45) is 0 Å². The van der Waals surface area contributed by atoms with E-state index < -0.39 is 9.84 Å². The minimum atomic E-state index is -4.01. The highest BCUT2D eigenvalue weighted by Crippen LogP contribution is 2.38. The van der Waals surface area contributed by atoms with E-state index in [4.69, 9.17) is 13.9 Å². The quantitative estimate of drug-likeness (QED) is 0.380. The maximum atomic E-state index is 13.9. The van der Waals surface area contributed by atoms with Crippen LogP contribution in [0.15, 0.2) is 87.1 Å². The molecular weight excluding hydrogens is 490 g/mol. The lowest BCUT2D eigenvalue weighted by Crippen LogP contribution is -2.46. The number of piperazine rings is 1. The van der Waals surface area contributed by atoms with E-state index in [0.29, 0.717) is 37.8 Å². The molecular formula is C28H27N3O5S. The topological polar surface area (TPSA) is 85.1 Å².